The molecule has 4 nitrogen and oxygen atoms in total. The van der Waals surface area contributed by atoms with Crippen molar-refractivity contribution in [1.82, 2.24) is 15.6 Å². The standard InChI is InChI=1S/C15H28N4/c1-4-5-6-7-8-9-10-15(17-16)14-11-12(2)18-19-13(14)3/h11,15,17H,4-10,16H2,1-3H3. The topological polar surface area (TPSA) is 63.8 Å². The third-order valence-electron chi connectivity index (χ3n) is 3.56. The molecular weight excluding hydrogens is 236 g/mol. The Kier molecular flexibility index (Phi) is 7.60. The van der Waals surface area contributed by atoms with E-state index in [0.717, 1.165) is 17.8 Å². The number of rotatable bonds is 9. The minimum atomic E-state index is 0.195. The van der Waals surface area contributed by atoms with E-state index < -0.39 is 0 Å². The monoisotopic (exact) mass is 264 g/mol. The van der Waals surface area contributed by atoms with Gasteiger partial charge in [-0.1, -0.05) is 45.4 Å². The van der Waals surface area contributed by atoms with Gasteiger partial charge < -0.3 is 0 Å². The summed E-state index contributed by atoms with van der Waals surface area (Å²) < 4.78 is 0. The zero-order valence-corrected chi connectivity index (χ0v) is 12.6. The van der Waals surface area contributed by atoms with Crippen molar-refractivity contribution >= 4 is 0 Å². The SMILES string of the molecule is CCCCCCCCC(NN)c1cc(C)nnc1C. The summed E-state index contributed by atoms with van der Waals surface area (Å²) in [7, 11) is 0. The van der Waals surface area contributed by atoms with Crippen LogP contribution in [-0.2, 0) is 0 Å². The number of hydrogen-bond acceptors (Lipinski definition) is 4. The molecular formula is C15H28N4. The molecule has 1 atom stereocenters. The molecule has 1 heterocycles. The maximum Gasteiger partial charge on any atom is 0.0648 e. The number of aryl methyl sites for hydroxylation is 2. The Balaban J connectivity index is 2.42. The molecule has 1 aromatic rings. The van der Waals surface area contributed by atoms with E-state index >= 15 is 0 Å². The first-order valence-electron chi connectivity index (χ1n) is 7.46. The van der Waals surface area contributed by atoms with E-state index in [1.54, 1.807) is 0 Å². The van der Waals surface area contributed by atoms with E-state index in [2.05, 4.69) is 28.6 Å². The largest absolute Gasteiger partial charge is 0.271 e. The number of unbranched alkanes of at least 4 members (excludes halogenated alkanes) is 5. The van der Waals surface area contributed by atoms with Gasteiger partial charge in [-0.2, -0.15) is 10.2 Å². The second-order valence-corrected chi connectivity index (χ2v) is 5.30. The molecule has 1 rings (SSSR count). The summed E-state index contributed by atoms with van der Waals surface area (Å²) in [5, 5.41) is 8.24. The Morgan fingerprint density at radius 1 is 1.11 bits per heavy atom. The van der Waals surface area contributed by atoms with Crippen LogP contribution in [0.1, 0.15) is 74.9 Å². The Hall–Kier alpha value is -1.00. The minimum absolute atomic E-state index is 0.195. The minimum Gasteiger partial charge on any atom is -0.271 e. The lowest BCUT2D eigenvalue weighted by molar-refractivity contribution is 0.473. The zero-order valence-electron chi connectivity index (χ0n) is 12.6. The lowest BCUT2D eigenvalue weighted by atomic mass is 9.99. The number of aromatic nitrogens is 2. The summed E-state index contributed by atoms with van der Waals surface area (Å²) in [5.41, 5.74) is 6.02. The molecule has 0 saturated carbocycles. The van der Waals surface area contributed by atoms with Crippen LogP contribution in [0.15, 0.2) is 6.07 Å². The predicted molar refractivity (Wildman–Crippen MR) is 79.6 cm³/mol. The van der Waals surface area contributed by atoms with Gasteiger partial charge in [-0.25, -0.2) is 0 Å². The van der Waals surface area contributed by atoms with E-state index in [9.17, 15) is 0 Å². The van der Waals surface area contributed by atoms with Gasteiger partial charge in [0.05, 0.1) is 11.4 Å². The summed E-state index contributed by atoms with van der Waals surface area (Å²) in [4.78, 5) is 0. The predicted octanol–water partition coefficient (Wildman–Crippen LogP) is 3.35. The van der Waals surface area contributed by atoms with Gasteiger partial charge in [0.15, 0.2) is 0 Å². The molecule has 0 aliphatic heterocycles. The Morgan fingerprint density at radius 2 is 1.79 bits per heavy atom. The highest BCUT2D eigenvalue weighted by Crippen LogP contribution is 2.22. The van der Waals surface area contributed by atoms with Crippen LogP contribution in [0.4, 0.5) is 0 Å². The lowest BCUT2D eigenvalue weighted by Crippen LogP contribution is -2.29. The number of hydrazine groups is 1. The molecule has 0 aliphatic carbocycles. The van der Waals surface area contributed by atoms with Crippen molar-refractivity contribution in [3.63, 3.8) is 0 Å². The number of hydrogen-bond donors (Lipinski definition) is 2. The third kappa shape index (κ3) is 5.66. The highest BCUT2D eigenvalue weighted by molar-refractivity contribution is 5.23. The molecule has 0 aromatic carbocycles. The highest BCUT2D eigenvalue weighted by Gasteiger charge is 2.13. The fourth-order valence-corrected chi connectivity index (χ4v) is 2.38. The molecule has 0 aliphatic rings. The van der Waals surface area contributed by atoms with Crippen molar-refractivity contribution in [2.45, 2.75) is 71.8 Å². The Morgan fingerprint density at radius 3 is 2.47 bits per heavy atom. The lowest BCUT2D eigenvalue weighted by Gasteiger charge is -2.18. The molecule has 0 spiro atoms. The zero-order chi connectivity index (χ0) is 14.1. The molecule has 0 bridgehead atoms. The quantitative estimate of drug-likeness (QED) is 0.408. The van der Waals surface area contributed by atoms with Gasteiger partial charge in [0, 0.05) is 6.04 Å². The summed E-state index contributed by atoms with van der Waals surface area (Å²) in [5.74, 6) is 5.69. The summed E-state index contributed by atoms with van der Waals surface area (Å²) in [6, 6.07) is 2.28. The van der Waals surface area contributed by atoms with Crippen molar-refractivity contribution in [2.24, 2.45) is 5.84 Å². The Bertz CT molecular complexity index is 365. The average Bonchev–Trinajstić information content (AvgIpc) is 2.41. The molecule has 0 saturated heterocycles. The van der Waals surface area contributed by atoms with Crippen LogP contribution in [0.2, 0.25) is 0 Å². The summed E-state index contributed by atoms with van der Waals surface area (Å²) >= 11 is 0. The molecule has 0 radical (unpaired) electrons. The molecule has 3 N–H and O–H groups in total. The van der Waals surface area contributed by atoms with Gasteiger partial charge in [-0.3, -0.25) is 11.3 Å². The number of nitrogens with zero attached hydrogens (tertiary/aromatic N) is 2. The van der Waals surface area contributed by atoms with E-state index in [1.807, 2.05) is 13.8 Å². The van der Waals surface area contributed by atoms with Crippen LogP contribution in [-0.4, -0.2) is 10.2 Å². The van der Waals surface area contributed by atoms with Crippen LogP contribution in [0.5, 0.6) is 0 Å². The molecule has 19 heavy (non-hydrogen) atoms. The van der Waals surface area contributed by atoms with Crippen LogP contribution in [0.3, 0.4) is 0 Å². The van der Waals surface area contributed by atoms with E-state index in [0.29, 0.717) is 0 Å². The van der Waals surface area contributed by atoms with Crippen molar-refractivity contribution in [2.75, 3.05) is 0 Å². The van der Waals surface area contributed by atoms with Crippen LogP contribution < -0.4 is 11.3 Å². The van der Waals surface area contributed by atoms with Crippen LogP contribution in [0, 0.1) is 13.8 Å². The van der Waals surface area contributed by atoms with Crippen molar-refractivity contribution in [3.8, 4) is 0 Å². The van der Waals surface area contributed by atoms with Gasteiger partial charge >= 0.3 is 0 Å². The Labute approximate surface area is 117 Å². The van der Waals surface area contributed by atoms with Gasteiger partial charge in [-0.05, 0) is 31.9 Å². The molecule has 108 valence electrons. The average molecular weight is 264 g/mol. The van der Waals surface area contributed by atoms with E-state index in [-0.39, 0.29) is 6.04 Å². The third-order valence-corrected chi connectivity index (χ3v) is 3.56. The first-order valence-corrected chi connectivity index (χ1v) is 7.46. The van der Waals surface area contributed by atoms with E-state index in [1.165, 1.54) is 44.1 Å². The van der Waals surface area contributed by atoms with Crippen molar-refractivity contribution < 1.29 is 0 Å². The van der Waals surface area contributed by atoms with Gasteiger partial charge in [0.25, 0.3) is 0 Å². The van der Waals surface area contributed by atoms with Crippen molar-refractivity contribution in [3.05, 3.63) is 23.0 Å². The second-order valence-electron chi connectivity index (χ2n) is 5.30. The number of nitrogens with one attached hydrogen (secondary N) is 1. The molecule has 0 amide bonds. The van der Waals surface area contributed by atoms with Gasteiger partial charge in [-0.15, -0.1) is 0 Å². The summed E-state index contributed by atoms with van der Waals surface area (Å²) in [6.07, 6.45) is 8.89. The van der Waals surface area contributed by atoms with Gasteiger partial charge in [0.2, 0.25) is 0 Å². The first-order chi connectivity index (χ1) is 9.19. The molecule has 1 unspecified atom stereocenters. The van der Waals surface area contributed by atoms with E-state index in [4.69, 9.17) is 5.84 Å². The maximum atomic E-state index is 5.69. The molecule has 4 heteroatoms. The highest BCUT2D eigenvalue weighted by atomic mass is 15.2. The molecule has 0 fully saturated rings. The second kappa shape index (κ2) is 8.99. The smallest absolute Gasteiger partial charge is 0.0648 e. The van der Waals surface area contributed by atoms with Crippen LogP contribution in [0.25, 0.3) is 0 Å². The van der Waals surface area contributed by atoms with Crippen molar-refractivity contribution in [1.29, 1.82) is 0 Å². The first kappa shape index (κ1) is 16.1. The van der Waals surface area contributed by atoms with Crippen LogP contribution >= 0.6 is 0 Å². The molecule has 1 aromatic heterocycles. The normalized spacial score (nSPS) is 12.6. The fourth-order valence-electron chi connectivity index (χ4n) is 2.38. The maximum absolute atomic E-state index is 5.69. The summed E-state index contributed by atoms with van der Waals surface area (Å²) in [6.45, 7) is 6.21. The number of nitrogens with two attached hydrogens (primary N) is 1. The van der Waals surface area contributed by atoms with Gasteiger partial charge in [0.1, 0.15) is 0 Å². The fraction of sp³-hybridized carbons (Fsp3) is 0.733.